The van der Waals surface area contributed by atoms with Gasteiger partial charge in [0, 0.05) is 11.1 Å². The van der Waals surface area contributed by atoms with Crippen molar-refractivity contribution in [2.75, 3.05) is 0 Å². The number of nitrogens with zero attached hydrogens (tertiary/aromatic N) is 1. The molecule has 2 aromatic rings. The van der Waals surface area contributed by atoms with Gasteiger partial charge in [-0.25, -0.2) is 0 Å². The number of benzene rings is 2. The fourth-order valence-electron chi connectivity index (χ4n) is 2.09. The minimum atomic E-state index is -0.889. The van der Waals surface area contributed by atoms with Crippen LogP contribution in [0.1, 0.15) is 20.7 Å². The van der Waals surface area contributed by atoms with Gasteiger partial charge in [0.15, 0.2) is 17.5 Å². The molecular weight excluding hydrogens is 268 g/mol. The third-order valence-corrected chi connectivity index (χ3v) is 3.18. The number of rotatable bonds is 4. The van der Waals surface area contributed by atoms with Crippen molar-refractivity contribution in [2.45, 2.75) is 6.04 Å². The van der Waals surface area contributed by atoms with E-state index in [1.165, 1.54) is 0 Å². The second-order valence-corrected chi connectivity index (χ2v) is 4.54. The fraction of sp³-hybridized carbons (Fsp3) is 0.0625. The second kappa shape index (κ2) is 5.68. The Morgan fingerprint density at radius 2 is 1.48 bits per heavy atom. The van der Waals surface area contributed by atoms with Gasteiger partial charge in [-0.1, -0.05) is 65.8 Å². The maximum Gasteiger partial charge on any atom is 0.212 e. The number of nitrogens with one attached hydrogen (secondary N) is 1. The maximum absolute atomic E-state index is 12.4. The van der Waals surface area contributed by atoms with Gasteiger partial charge in [-0.05, 0) is 0 Å². The average Bonchev–Trinajstić information content (AvgIpc) is 3.04. The highest BCUT2D eigenvalue weighted by Crippen LogP contribution is 2.13. The summed E-state index contributed by atoms with van der Waals surface area (Å²) in [5, 5.41) is 3.68. The summed E-state index contributed by atoms with van der Waals surface area (Å²) in [5.41, 5.74) is 3.51. The lowest BCUT2D eigenvalue weighted by molar-refractivity contribution is 0.0538. The van der Waals surface area contributed by atoms with Crippen molar-refractivity contribution >= 4 is 17.3 Å². The van der Waals surface area contributed by atoms with E-state index in [9.17, 15) is 9.59 Å². The van der Waals surface area contributed by atoms with E-state index in [-0.39, 0.29) is 17.3 Å². The first-order valence-corrected chi connectivity index (χ1v) is 6.46. The van der Waals surface area contributed by atoms with Crippen molar-refractivity contribution in [2.24, 2.45) is 5.16 Å². The Kier molecular flexibility index (Phi) is 3.57. The Labute approximate surface area is 121 Å². The predicted octanol–water partition coefficient (Wildman–Crippen LogP) is 2.01. The summed E-state index contributed by atoms with van der Waals surface area (Å²) in [6, 6.07) is 16.5. The van der Waals surface area contributed by atoms with Crippen LogP contribution in [0.2, 0.25) is 0 Å². The maximum atomic E-state index is 12.4. The van der Waals surface area contributed by atoms with Crippen molar-refractivity contribution in [1.82, 2.24) is 5.48 Å². The number of Topliss-reactive ketones (excluding diaryl/α,β-unsaturated/α-hetero) is 2. The Morgan fingerprint density at radius 1 is 0.905 bits per heavy atom. The van der Waals surface area contributed by atoms with Gasteiger partial charge in [0.2, 0.25) is 5.78 Å². The summed E-state index contributed by atoms with van der Waals surface area (Å²) in [4.78, 5) is 29.6. The zero-order valence-corrected chi connectivity index (χ0v) is 11.0. The molecule has 3 rings (SSSR count). The predicted molar refractivity (Wildman–Crippen MR) is 77.0 cm³/mol. The zero-order valence-electron chi connectivity index (χ0n) is 11.0. The van der Waals surface area contributed by atoms with Gasteiger partial charge in [0.1, 0.15) is 0 Å². The molecule has 21 heavy (non-hydrogen) atoms. The molecule has 5 nitrogen and oxygen atoms in total. The SMILES string of the molecule is O=C(C1=NONC1C(=O)c1ccccc1)c1ccccc1. The molecule has 0 spiro atoms. The smallest absolute Gasteiger partial charge is 0.212 e. The molecule has 0 bridgehead atoms. The van der Waals surface area contributed by atoms with Gasteiger partial charge in [-0.2, -0.15) is 0 Å². The molecule has 1 N–H and O–H groups in total. The summed E-state index contributed by atoms with van der Waals surface area (Å²) in [6.07, 6.45) is 0. The summed E-state index contributed by atoms with van der Waals surface area (Å²) in [6.45, 7) is 0. The minimum Gasteiger partial charge on any atom is -0.298 e. The molecule has 0 aromatic heterocycles. The van der Waals surface area contributed by atoms with E-state index >= 15 is 0 Å². The first-order chi connectivity index (χ1) is 10.3. The van der Waals surface area contributed by atoms with Crippen molar-refractivity contribution < 1.29 is 14.5 Å². The first kappa shape index (κ1) is 13.2. The molecule has 1 atom stereocenters. The lowest BCUT2D eigenvalue weighted by Gasteiger charge is -2.09. The minimum absolute atomic E-state index is 0.0649. The van der Waals surface area contributed by atoms with Crippen molar-refractivity contribution in [3.63, 3.8) is 0 Å². The quantitative estimate of drug-likeness (QED) is 0.870. The normalized spacial score (nSPS) is 17.0. The van der Waals surface area contributed by atoms with Crippen LogP contribution in [0.3, 0.4) is 0 Å². The van der Waals surface area contributed by atoms with Gasteiger partial charge >= 0.3 is 0 Å². The van der Waals surface area contributed by atoms with Gasteiger partial charge in [0.25, 0.3) is 0 Å². The molecule has 0 radical (unpaired) electrons. The number of carbonyl (C=O) groups is 2. The van der Waals surface area contributed by atoms with Crippen molar-refractivity contribution in [3.05, 3.63) is 71.8 Å². The number of ketones is 2. The van der Waals surface area contributed by atoms with Gasteiger partial charge in [0.05, 0.1) is 0 Å². The Hall–Kier alpha value is -2.79. The van der Waals surface area contributed by atoms with E-state index in [0.717, 1.165) is 0 Å². The first-order valence-electron chi connectivity index (χ1n) is 6.46. The molecule has 1 heterocycles. The Bertz CT molecular complexity index is 696. The number of hydrogen-bond donors (Lipinski definition) is 1. The summed E-state index contributed by atoms with van der Waals surface area (Å²) in [7, 11) is 0. The summed E-state index contributed by atoms with van der Waals surface area (Å²) in [5.74, 6) is -0.578. The highest BCUT2D eigenvalue weighted by atomic mass is 16.8. The Morgan fingerprint density at radius 3 is 2.10 bits per heavy atom. The lowest BCUT2D eigenvalue weighted by Crippen LogP contribution is -2.41. The van der Waals surface area contributed by atoms with E-state index in [1.807, 2.05) is 12.1 Å². The van der Waals surface area contributed by atoms with Gasteiger partial charge in [-0.3, -0.25) is 14.5 Å². The van der Waals surface area contributed by atoms with E-state index in [1.54, 1.807) is 48.5 Å². The molecule has 1 aliphatic heterocycles. The average molecular weight is 280 g/mol. The summed E-state index contributed by atoms with van der Waals surface area (Å²) < 4.78 is 0. The largest absolute Gasteiger partial charge is 0.298 e. The number of carbonyl (C=O) groups excluding carboxylic acids is 2. The summed E-state index contributed by atoms with van der Waals surface area (Å²) >= 11 is 0. The highest BCUT2D eigenvalue weighted by molar-refractivity contribution is 6.51. The molecule has 2 aromatic carbocycles. The lowest BCUT2D eigenvalue weighted by atomic mass is 9.96. The van der Waals surface area contributed by atoms with Crippen molar-refractivity contribution in [1.29, 1.82) is 0 Å². The molecule has 0 amide bonds. The molecule has 104 valence electrons. The van der Waals surface area contributed by atoms with E-state index in [2.05, 4.69) is 10.6 Å². The van der Waals surface area contributed by atoms with Crippen LogP contribution < -0.4 is 5.48 Å². The molecule has 0 aliphatic carbocycles. The fourth-order valence-corrected chi connectivity index (χ4v) is 2.09. The zero-order chi connectivity index (χ0) is 14.7. The van der Waals surface area contributed by atoms with E-state index < -0.39 is 6.04 Å². The number of hydroxylamine groups is 1. The highest BCUT2D eigenvalue weighted by Gasteiger charge is 2.35. The topological polar surface area (TPSA) is 67.8 Å². The Balaban J connectivity index is 1.86. The van der Waals surface area contributed by atoms with Crippen LogP contribution >= 0.6 is 0 Å². The molecule has 0 saturated heterocycles. The van der Waals surface area contributed by atoms with Crippen LogP contribution in [0.25, 0.3) is 0 Å². The number of hydrogen-bond acceptors (Lipinski definition) is 5. The van der Waals surface area contributed by atoms with Crippen LogP contribution in [-0.4, -0.2) is 23.3 Å². The van der Waals surface area contributed by atoms with E-state index in [4.69, 9.17) is 4.94 Å². The van der Waals surface area contributed by atoms with Crippen LogP contribution in [0.15, 0.2) is 65.8 Å². The van der Waals surface area contributed by atoms with Crippen LogP contribution in [-0.2, 0) is 4.94 Å². The van der Waals surface area contributed by atoms with Crippen molar-refractivity contribution in [3.8, 4) is 0 Å². The van der Waals surface area contributed by atoms with Gasteiger partial charge in [-0.15, -0.1) is 5.48 Å². The van der Waals surface area contributed by atoms with Crippen LogP contribution in [0, 0.1) is 0 Å². The molecule has 5 heteroatoms. The van der Waals surface area contributed by atoms with E-state index in [0.29, 0.717) is 11.1 Å². The standard InChI is InChI=1S/C16H12N2O3/c19-15(11-7-3-1-4-8-11)13-14(18-21-17-13)16(20)12-9-5-2-6-10-12/h1-10,13,17H. The molecule has 1 aliphatic rings. The monoisotopic (exact) mass is 280 g/mol. The third-order valence-electron chi connectivity index (χ3n) is 3.18. The second-order valence-electron chi connectivity index (χ2n) is 4.54. The third kappa shape index (κ3) is 2.59. The molecular formula is C16H12N2O3. The molecule has 0 fully saturated rings. The number of oxime groups is 1. The van der Waals surface area contributed by atoms with Gasteiger partial charge < -0.3 is 0 Å². The van der Waals surface area contributed by atoms with Crippen LogP contribution in [0.4, 0.5) is 0 Å². The molecule has 0 saturated carbocycles. The molecule has 1 unspecified atom stereocenters. The van der Waals surface area contributed by atoms with Crippen LogP contribution in [0.5, 0.6) is 0 Å².